The molecule has 0 saturated carbocycles. The molecular formula is C33H27FN2O6. The van der Waals surface area contributed by atoms with Gasteiger partial charge in [-0.2, -0.15) is 0 Å². The van der Waals surface area contributed by atoms with E-state index in [0.29, 0.717) is 36.0 Å². The zero-order chi connectivity index (χ0) is 29.5. The number of nitrogens with zero attached hydrogens (tertiary/aromatic N) is 1. The normalized spacial score (nSPS) is 14.1. The Balaban J connectivity index is 1.34. The Hall–Kier alpha value is -5.44. The molecule has 0 aromatic heterocycles. The number of carbonyl (C=O) groups is 3. The average Bonchev–Trinajstić information content (AvgIpc) is 3.00. The number of rotatable bonds is 10. The van der Waals surface area contributed by atoms with Gasteiger partial charge in [0.1, 0.15) is 30.4 Å². The molecule has 0 aliphatic carbocycles. The summed E-state index contributed by atoms with van der Waals surface area (Å²) in [5.74, 6) is -0.595. The maximum atomic E-state index is 13.4. The number of nitrogens with one attached hydrogen (secondary N) is 1. The lowest BCUT2D eigenvalue weighted by Crippen LogP contribution is -2.54. The predicted molar refractivity (Wildman–Crippen MR) is 155 cm³/mol. The molecule has 4 aromatic carbocycles. The number of anilines is 1. The van der Waals surface area contributed by atoms with Crippen LogP contribution in [0.5, 0.6) is 17.2 Å². The summed E-state index contributed by atoms with van der Waals surface area (Å²) >= 11 is 0. The highest BCUT2D eigenvalue weighted by atomic mass is 19.1. The fraction of sp³-hybridized carbons (Fsp3) is 0.121. The Bertz CT molecular complexity index is 1640. The summed E-state index contributed by atoms with van der Waals surface area (Å²) in [4.78, 5) is 39.1. The second-order valence-corrected chi connectivity index (χ2v) is 9.25. The van der Waals surface area contributed by atoms with Crippen molar-refractivity contribution in [2.75, 3.05) is 11.5 Å². The van der Waals surface area contributed by atoms with E-state index in [1.807, 2.05) is 55.5 Å². The van der Waals surface area contributed by atoms with Crippen molar-refractivity contribution in [1.82, 2.24) is 5.32 Å². The second-order valence-electron chi connectivity index (χ2n) is 9.25. The van der Waals surface area contributed by atoms with Gasteiger partial charge in [-0.15, -0.1) is 0 Å². The number of amides is 4. The molecule has 1 aliphatic rings. The Kier molecular flexibility index (Phi) is 8.58. The molecule has 1 aliphatic heterocycles. The number of benzene rings is 4. The number of urea groups is 1. The SMILES string of the molecule is CCOc1cc(COc2ccccc2/C=C2\C(=O)NC(=O)N(c3ccc(F)cc3)C2=O)ccc1OCc1ccccc1. The third-order valence-electron chi connectivity index (χ3n) is 6.34. The first-order valence-corrected chi connectivity index (χ1v) is 13.2. The topological polar surface area (TPSA) is 94.2 Å². The molecule has 4 amide bonds. The van der Waals surface area contributed by atoms with Crippen LogP contribution < -0.4 is 24.4 Å². The minimum Gasteiger partial charge on any atom is -0.490 e. The van der Waals surface area contributed by atoms with Gasteiger partial charge in [0, 0.05) is 5.56 Å². The Morgan fingerprint density at radius 3 is 2.19 bits per heavy atom. The Morgan fingerprint density at radius 1 is 0.738 bits per heavy atom. The molecule has 5 rings (SSSR count). The monoisotopic (exact) mass is 566 g/mol. The smallest absolute Gasteiger partial charge is 0.335 e. The summed E-state index contributed by atoms with van der Waals surface area (Å²) in [6.45, 7) is 2.91. The van der Waals surface area contributed by atoms with Crippen molar-refractivity contribution in [3.63, 3.8) is 0 Å². The van der Waals surface area contributed by atoms with Crippen molar-refractivity contribution in [2.45, 2.75) is 20.1 Å². The molecule has 0 spiro atoms. The van der Waals surface area contributed by atoms with Crippen molar-refractivity contribution in [3.05, 3.63) is 125 Å². The molecule has 0 bridgehead atoms. The van der Waals surface area contributed by atoms with Gasteiger partial charge < -0.3 is 14.2 Å². The molecule has 42 heavy (non-hydrogen) atoms. The molecule has 4 aromatic rings. The van der Waals surface area contributed by atoms with Crippen LogP contribution in [-0.4, -0.2) is 24.5 Å². The largest absolute Gasteiger partial charge is 0.490 e. The number of barbiturate groups is 1. The van der Waals surface area contributed by atoms with Crippen LogP contribution in [0.25, 0.3) is 6.08 Å². The van der Waals surface area contributed by atoms with Crippen molar-refractivity contribution in [2.24, 2.45) is 0 Å². The van der Waals surface area contributed by atoms with E-state index in [2.05, 4.69) is 5.32 Å². The molecule has 1 saturated heterocycles. The average molecular weight is 567 g/mol. The lowest BCUT2D eigenvalue weighted by atomic mass is 10.1. The van der Waals surface area contributed by atoms with E-state index in [1.165, 1.54) is 18.2 Å². The lowest BCUT2D eigenvalue weighted by molar-refractivity contribution is -0.122. The van der Waals surface area contributed by atoms with Gasteiger partial charge in [0.15, 0.2) is 11.5 Å². The van der Waals surface area contributed by atoms with E-state index >= 15 is 0 Å². The zero-order valence-corrected chi connectivity index (χ0v) is 22.7. The fourth-order valence-electron chi connectivity index (χ4n) is 4.30. The molecular weight excluding hydrogens is 539 g/mol. The van der Waals surface area contributed by atoms with E-state index in [4.69, 9.17) is 14.2 Å². The molecule has 0 atom stereocenters. The van der Waals surface area contributed by atoms with Crippen molar-refractivity contribution in [3.8, 4) is 17.2 Å². The van der Waals surface area contributed by atoms with Crippen LogP contribution in [0.1, 0.15) is 23.6 Å². The third-order valence-corrected chi connectivity index (χ3v) is 6.34. The molecule has 1 N–H and O–H groups in total. The van der Waals surface area contributed by atoms with Gasteiger partial charge in [0.25, 0.3) is 11.8 Å². The van der Waals surface area contributed by atoms with Crippen molar-refractivity contribution >= 4 is 29.6 Å². The molecule has 8 nitrogen and oxygen atoms in total. The first-order chi connectivity index (χ1) is 20.4. The van der Waals surface area contributed by atoms with Crippen LogP contribution in [0, 0.1) is 5.82 Å². The van der Waals surface area contributed by atoms with Gasteiger partial charge in [-0.05, 0) is 66.6 Å². The van der Waals surface area contributed by atoms with Gasteiger partial charge >= 0.3 is 6.03 Å². The molecule has 1 heterocycles. The quantitative estimate of drug-likeness (QED) is 0.186. The number of hydrogen-bond acceptors (Lipinski definition) is 6. The van der Waals surface area contributed by atoms with Gasteiger partial charge in [-0.3, -0.25) is 14.9 Å². The van der Waals surface area contributed by atoms with Gasteiger partial charge in [-0.1, -0.05) is 54.6 Å². The van der Waals surface area contributed by atoms with Crippen LogP contribution >= 0.6 is 0 Å². The highest BCUT2D eigenvalue weighted by Crippen LogP contribution is 2.31. The zero-order valence-electron chi connectivity index (χ0n) is 22.7. The molecule has 0 unspecified atom stereocenters. The van der Waals surface area contributed by atoms with Gasteiger partial charge in [0.05, 0.1) is 12.3 Å². The van der Waals surface area contributed by atoms with Crippen molar-refractivity contribution < 1.29 is 33.0 Å². The van der Waals surface area contributed by atoms with E-state index in [0.717, 1.165) is 28.2 Å². The summed E-state index contributed by atoms with van der Waals surface area (Å²) in [6.07, 6.45) is 1.36. The number of para-hydroxylation sites is 1. The van der Waals surface area contributed by atoms with Crippen LogP contribution in [-0.2, 0) is 22.8 Å². The summed E-state index contributed by atoms with van der Waals surface area (Å²) in [6, 6.07) is 26.2. The van der Waals surface area contributed by atoms with E-state index in [9.17, 15) is 18.8 Å². The van der Waals surface area contributed by atoms with Crippen LogP contribution in [0.15, 0.2) is 103 Å². The standard InChI is InChI=1S/C33H27FN2O6/c1-2-40-30-18-23(12-17-29(30)42-20-22-8-4-3-5-9-22)21-41-28-11-7-6-10-24(28)19-27-31(37)35-33(39)36(32(27)38)26-15-13-25(34)14-16-26/h3-19H,2,20-21H2,1H3,(H,35,37,39)/b27-19+. The lowest BCUT2D eigenvalue weighted by Gasteiger charge is -2.26. The number of imide groups is 2. The van der Waals surface area contributed by atoms with Gasteiger partial charge in [-0.25, -0.2) is 14.1 Å². The van der Waals surface area contributed by atoms with Crippen LogP contribution in [0.2, 0.25) is 0 Å². The minimum absolute atomic E-state index is 0.128. The van der Waals surface area contributed by atoms with E-state index < -0.39 is 23.7 Å². The third kappa shape index (κ3) is 6.47. The maximum Gasteiger partial charge on any atom is 0.335 e. The first kappa shape index (κ1) is 28.1. The number of hydrogen-bond donors (Lipinski definition) is 1. The van der Waals surface area contributed by atoms with E-state index in [1.54, 1.807) is 24.3 Å². The second kappa shape index (κ2) is 12.8. The van der Waals surface area contributed by atoms with E-state index in [-0.39, 0.29) is 17.9 Å². The number of halogens is 1. The van der Waals surface area contributed by atoms with Crippen molar-refractivity contribution in [1.29, 1.82) is 0 Å². The Labute approximate surface area is 241 Å². The minimum atomic E-state index is -0.917. The first-order valence-electron chi connectivity index (χ1n) is 13.2. The number of carbonyl (C=O) groups excluding carboxylic acids is 3. The van der Waals surface area contributed by atoms with Crippen LogP contribution in [0.4, 0.5) is 14.9 Å². The Morgan fingerprint density at radius 2 is 1.43 bits per heavy atom. The van der Waals surface area contributed by atoms with Crippen LogP contribution in [0.3, 0.4) is 0 Å². The summed E-state index contributed by atoms with van der Waals surface area (Å²) in [5, 5.41) is 2.16. The predicted octanol–water partition coefficient (Wildman–Crippen LogP) is 6.05. The maximum absolute atomic E-state index is 13.4. The summed E-state index contributed by atoms with van der Waals surface area (Å²) in [7, 11) is 0. The highest BCUT2D eigenvalue weighted by molar-refractivity contribution is 6.39. The molecule has 9 heteroatoms. The highest BCUT2D eigenvalue weighted by Gasteiger charge is 2.37. The fourth-order valence-corrected chi connectivity index (χ4v) is 4.30. The summed E-state index contributed by atoms with van der Waals surface area (Å²) in [5.41, 5.74) is 2.16. The molecule has 0 radical (unpaired) electrons. The summed E-state index contributed by atoms with van der Waals surface area (Å²) < 4.78 is 31.3. The number of ether oxygens (including phenoxy) is 3. The van der Waals surface area contributed by atoms with Gasteiger partial charge in [0.2, 0.25) is 0 Å². The molecule has 1 fully saturated rings. The molecule has 212 valence electrons.